The average Bonchev–Trinajstić information content (AvgIpc) is 2.89. The first-order chi connectivity index (χ1) is 19.3. The van der Waals surface area contributed by atoms with Crippen LogP contribution in [-0.4, -0.2) is 41.0 Å². The normalized spacial score (nSPS) is 12.7. The molecule has 3 aromatic rings. The van der Waals surface area contributed by atoms with E-state index in [1.807, 2.05) is 88.4 Å². The van der Waals surface area contributed by atoms with Crippen LogP contribution in [0.1, 0.15) is 61.6 Å². The second-order valence-corrected chi connectivity index (χ2v) is 11.6. The van der Waals surface area contributed by atoms with Crippen LogP contribution in [0.3, 0.4) is 0 Å². The van der Waals surface area contributed by atoms with Crippen LogP contribution >= 0.6 is 11.6 Å². The molecular weight excluding hydrogens is 538 g/mol. The van der Waals surface area contributed by atoms with E-state index < -0.39 is 35.6 Å². The maximum atomic E-state index is 14.3. The summed E-state index contributed by atoms with van der Waals surface area (Å²) in [6.07, 6.45) is -0.484. The lowest BCUT2D eigenvalue weighted by Gasteiger charge is -2.34. The third-order valence-corrected chi connectivity index (χ3v) is 6.97. The van der Waals surface area contributed by atoms with Gasteiger partial charge in [-0.15, -0.1) is 0 Å². The van der Waals surface area contributed by atoms with Gasteiger partial charge < -0.3 is 20.3 Å². The zero-order chi connectivity index (χ0) is 30.3. The minimum atomic E-state index is -0.984. The molecule has 3 amide bonds. The highest BCUT2D eigenvalue weighted by Crippen LogP contribution is 2.31. The molecule has 0 saturated heterocycles. The number of rotatable bonds is 9. The van der Waals surface area contributed by atoms with E-state index in [1.54, 1.807) is 26.8 Å². The average molecular weight is 578 g/mol. The van der Waals surface area contributed by atoms with Gasteiger partial charge in [0, 0.05) is 13.0 Å². The van der Waals surface area contributed by atoms with Crippen LogP contribution in [0.2, 0.25) is 5.02 Å². The largest absolute Gasteiger partial charge is 0.444 e. The third-order valence-electron chi connectivity index (χ3n) is 6.65. The maximum absolute atomic E-state index is 14.3. The fourth-order valence-corrected chi connectivity index (χ4v) is 4.92. The Labute approximate surface area is 248 Å². The quantitative estimate of drug-likeness (QED) is 0.289. The molecule has 7 nitrogen and oxygen atoms in total. The van der Waals surface area contributed by atoms with Gasteiger partial charge >= 0.3 is 6.09 Å². The number of carbonyl (C=O) groups excluding carboxylic acids is 3. The number of hydrogen-bond donors (Lipinski definition) is 2. The summed E-state index contributed by atoms with van der Waals surface area (Å²) in [7, 11) is 0. The minimum Gasteiger partial charge on any atom is -0.444 e. The molecule has 41 heavy (non-hydrogen) atoms. The number of halogens is 1. The van der Waals surface area contributed by atoms with Crippen molar-refractivity contribution in [2.75, 3.05) is 11.9 Å². The van der Waals surface area contributed by atoms with Crippen LogP contribution in [0.4, 0.5) is 10.5 Å². The second-order valence-electron chi connectivity index (χ2n) is 11.2. The fourth-order valence-electron chi connectivity index (χ4n) is 4.65. The van der Waals surface area contributed by atoms with Crippen molar-refractivity contribution in [3.8, 4) is 0 Å². The molecule has 0 aliphatic carbocycles. The van der Waals surface area contributed by atoms with Gasteiger partial charge in [0.1, 0.15) is 17.7 Å². The monoisotopic (exact) mass is 577 g/mol. The maximum Gasteiger partial charge on any atom is 0.408 e. The summed E-state index contributed by atoms with van der Waals surface area (Å²) in [5.41, 5.74) is 3.91. The molecule has 218 valence electrons. The van der Waals surface area contributed by atoms with E-state index >= 15 is 0 Å². The number of aryl methyl sites for hydroxylation is 3. The standard InChI is InChI=1S/C33H40ClN3O4/c1-8-37(31(39)27(20-24-14-10-9-11-15-24)35-32(40)41-33(5,6)7)29(25-19-21(2)17-18-22(25)3)30(38)36-28-23(4)13-12-16-26(28)34/h9-19,27,29H,8,20H2,1-7H3,(H,35,40)(H,36,38). The van der Waals surface area contributed by atoms with E-state index in [0.29, 0.717) is 16.3 Å². The number of nitrogens with zero attached hydrogens (tertiary/aromatic N) is 1. The van der Waals surface area contributed by atoms with Crippen LogP contribution in [0.25, 0.3) is 0 Å². The van der Waals surface area contributed by atoms with Gasteiger partial charge in [-0.05, 0) is 76.8 Å². The first-order valence-corrected chi connectivity index (χ1v) is 14.2. The lowest BCUT2D eigenvalue weighted by molar-refractivity contribution is -0.140. The zero-order valence-electron chi connectivity index (χ0n) is 24.9. The van der Waals surface area contributed by atoms with E-state index in [-0.39, 0.29) is 13.0 Å². The first kappa shape index (κ1) is 31.7. The molecule has 2 unspecified atom stereocenters. The van der Waals surface area contributed by atoms with Crippen molar-refractivity contribution in [3.05, 3.63) is 99.6 Å². The van der Waals surface area contributed by atoms with Crippen molar-refractivity contribution in [3.63, 3.8) is 0 Å². The molecule has 0 spiro atoms. The van der Waals surface area contributed by atoms with Crippen LogP contribution in [0.15, 0.2) is 66.7 Å². The number of hydrogen-bond acceptors (Lipinski definition) is 4. The summed E-state index contributed by atoms with van der Waals surface area (Å²) in [5, 5.41) is 6.15. The molecule has 3 aromatic carbocycles. The molecule has 0 bridgehead atoms. The van der Waals surface area contributed by atoms with Crippen LogP contribution < -0.4 is 10.6 Å². The Bertz CT molecular complexity index is 1360. The number of para-hydroxylation sites is 1. The highest BCUT2D eigenvalue weighted by atomic mass is 35.5. The lowest BCUT2D eigenvalue weighted by Crippen LogP contribution is -2.53. The summed E-state index contributed by atoms with van der Waals surface area (Å²) in [6, 6.07) is 18.7. The number of anilines is 1. The number of benzene rings is 3. The summed E-state index contributed by atoms with van der Waals surface area (Å²) >= 11 is 6.45. The van der Waals surface area contributed by atoms with Gasteiger partial charge in [-0.3, -0.25) is 9.59 Å². The third kappa shape index (κ3) is 8.57. The lowest BCUT2D eigenvalue weighted by atomic mass is 9.95. The van der Waals surface area contributed by atoms with Crippen molar-refractivity contribution >= 4 is 35.2 Å². The SMILES string of the molecule is CCN(C(=O)C(Cc1ccccc1)NC(=O)OC(C)(C)C)C(C(=O)Nc1c(C)cccc1Cl)c1cc(C)ccc1C. The van der Waals surface area contributed by atoms with Crippen molar-refractivity contribution in [2.45, 2.75) is 72.6 Å². The molecule has 0 aromatic heterocycles. The number of likely N-dealkylation sites (N-methyl/N-ethyl adjacent to an activating group) is 1. The smallest absolute Gasteiger partial charge is 0.408 e. The van der Waals surface area contributed by atoms with E-state index in [0.717, 1.165) is 22.3 Å². The molecule has 2 N–H and O–H groups in total. The Hall–Kier alpha value is -3.84. The van der Waals surface area contributed by atoms with Gasteiger partial charge in [-0.25, -0.2) is 4.79 Å². The molecule has 0 aliphatic rings. The number of amides is 3. The van der Waals surface area contributed by atoms with Gasteiger partial charge in [-0.1, -0.05) is 77.8 Å². The van der Waals surface area contributed by atoms with Crippen LogP contribution in [-0.2, 0) is 20.7 Å². The molecule has 0 heterocycles. The molecule has 0 fully saturated rings. The Morgan fingerprint density at radius 3 is 2.22 bits per heavy atom. The summed E-state index contributed by atoms with van der Waals surface area (Å²) < 4.78 is 5.49. The molecule has 0 radical (unpaired) electrons. The number of carbonyl (C=O) groups is 3. The summed E-state index contributed by atoms with van der Waals surface area (Å²) in [6.45, 7) is 13.0. The van der Waals surface area contributed by atoms with Crippen molar-refractivity contribution in [2.24, 2.45) is 0 Å². The van der Waals surface area contributed by atoms with Gasteiger partial charge in [0.2, 0.25) is 5.91 Å². The molecule has 0 saturated carbocycles. The molecular formula is C33H40ClN3O4. The number of ether oxygens (including phenoxy) is 1. The molecule has 8 heteroatoms. The van der Waals surface area contributed by atoms with Gasteiger partial charge in [0.25, 0.3) is 5.91 Å². The molecule has 2 atom stereocenters. The van der Waals surface area contributed by atoms with E-state index in [1.165, 1.54) is 4.90 Å². The van der Waals surface area contributed by atoms with E-state index in [2.05, 4.69) is 10.6 Å². The van der Waals surface area contributed by atoms with Gasteiger partial charge in [0.05, 0.1) is 10.7 Å². The Balaban J connectivity index is 2.07. The number of nitrogens with one attached hydrogen (secondary N) is 2. The summed E-state index contributed by atoms with van der Waals surface area (Å²) in [5.74, 6) is -0.806. The Kier molecular flexibility index (Phi) is 10.6. The van der Waals surface area contributed by atoms with Crippen LogP contribution in [0, 0.1) is 20.8 Å². The van der Waals surface area contributed by atoms with E-state index in [4.69, 9.17) is 16.3 Å². The molecule has 3 rings (SSSR count). The van der Waals surface area contributed by atoms with Gasteiger partial charge in [-0.2, -0.15) is 0 Å². The molecule has 0 aliphatic heterocycles. The highest BCUT2D eigenvalue weighted by molar-refractivity contribution is 6.34. The summed E-state index contributed by atoms with van der Waals surface area (Å²) in [4.78, 5) is 42.8. The second kappa shape index (κ2) is 13.7. The Morgan fingerprint density at radius 1 is 0.927 bits per heavy atom. The fraction of sp³-hybridized carbons (Fsp3) is 0.364. The predicted molar refractivity (Wildman–Crippen MR) is 164 cm³/mol. The van der Waals surface area contributed by atoms with E-state index in [9.17, 15) is 14.4 Å². The van der Waals surface area contributed by atoms with Crippen molar-refractivity contribution in [1.82, 2.24) is 10.2 Å². The van der Waals surface area contributed by atoms with Crippen molar-refractivity contribution < 1.29 is 19.1 Å². The van der Waals surface area contributed by atoms with Crippen molar-refractivity contribution in [1.29, 1.82) is 0 Å². The van der Waals surface area contributed by atoms with Gasteiger partial charge in [0.15, 0.2) is 0 Å². The first-order valence-electron chi connectivity index (χ1n) is 13.8. The number of alkyl carbamates (subject to hydrolysis) is 1. The Morgan fingerprint density at radius 2 is 1.61 bits per heavy atom. The highest BCUT2D eigenvalue weighted by Gasteiger charge is 2.36. The zero-order valence-corrected chi connectivity index (χ0v) is 25.6. The van der Waals surface area contributed by atoms with Crippen LogP contribution in [0.5, 0.6) is 0 Å². The minimum absolute atomic E-state index is 0.215. The predicted octanol–water partition coefficient (Wildman–Crippen LogP) is 6.93. The topological polar surface area (TPSA) is 87.7 Å².